The number of nitrogens with two attached hydrogens (primary N) is 1. The van der Waals surface area contributed by atoms with Crippen LogP contribution in [0.25, 0.3) is 10.8 Å². The van der Waals surface area contributed by atoms with E-state index in [2.05, 4.69) is 36.4 Å². The summed E-state index contributed by atoms with van der Waals surface area (Å²) in [6.07, 6.45) is 1.05. The van der Waals surface area contributed by atoms with Crippen molar-refractivity contribution in [3.05, 3.63) is 42.0 Å². The second-order valence-electron chi connectivity index (χ2n) is 3.74. The van der Waals surface area contributed by atoms with Crippen molar-refractivity contribution in [1.29, 1.82) is 0 Å². The first-order chi connectivity index (χ1) is 6.86. The highest BCUT2D eigenvalue weighted by Gasteiger charge is 2.15. The Balaban J connectivity index is 2.46. The predicted octanol–water partition coefficient (Wildman–Crippen LogP) is 2.08. The largest absolute Gasteiger partial charge is 0.310 e. The van der Waals surface area contributed by atoms with Gasteiger partial charge in [-0.15, -0.1) is 0 Å². The predicted molar refractivity (Wildman–Crippen MR) is 59.2 cm³/mol. The maximum Gasteiger partial charge on any atom is 0.0598 e. The zero-order valence-electron chi connectivity index (χ0n) is 7.90. The normalized spacial score (nSPS) is 14.8. The van der Waals surface area contributed by atoms with Gasteiger partial charge in [0.05, 0.1) is 5.69 Å². The molecule has 0 bridgehead atoms. The van der Waals surface area contributed by atoms with Gasteiger partial charge in [-0.3, -0.25) is 0 Å². The molecule has 0 unspecified atom stereocenters. The molecule has 2 aromatic carbocycles. The molecule has 0 saturated heterocycles. The second-order valence-corrected chi connectivity index (χ2v) is 3.74. The monoisotopic (exact) mass is 184 g/mol. The molecule has 0 spiro atoms. The van der Waals surface area contributed by atoms with Crippen molar-refractivity contribution < 1.29 is 0 Å². The summed E-state index contributed by atoms with van der Waals surface area (Å²) in [5.41, 5.74) is 2.57. The zero-order chi connectivity index (χ0) is 9.54. The van der Waals surface area contributed by atoms with E-state index in [-0.39, 0.29) is 0 Å². The third-order valence-electron chi connectivity index (χ3n) is 2.90. The van der Waals surface area contributed by atoms with Crippen LogP contribution in [-0.4, -0.2) is 6.54 Å². The van der Waals surface area contributed by atoms with E-state index in [1.165, 1.54) is 16.3 Å². The molecule has 0 aromatic heterocycles. The zero-order valence-corrected chi connectivity index (χ0v) is 7.90. The van der Waals surface area contributed by atoms with Crippen LogP contribution in [0.5, 0.6) is 0 Å². The van der Waals surface area contributed by atoms with E-state index >= 15 is 0 Å². The summed E-state index contributed by atoms with van der Waals surface area (Å²) in [6.45, 7) is 0.913. The van der Waals surface area contributed by atoms with Crippen LogP contribution in [0.4, 0.5) is 5.69 Å². The lowest BCUT2D eigenvalue weighted by Gasteiger charge is -2.26. The Bertz CT molecular complexity index is 485. The van der Waals surface area contributed by atoms with Gasteiger partial charge >= 0.3 is 0 Å². The molecule has 2 N–H and O–H groups in total. The average Bonchev–Trinajstić information content (AvgIpc) is 2.24. The highest BCUT2D eigenvalue weighted by Crippen LogP contribution is 2.32. The lowest BCUT2D eigenvalue weighted by molar-refractivity contribution is 0.815. The minimum Gasteiger partial charge on any atom is -0.310 e. The molecular weight excluding hydrogens is 172 g/mol. The third kappa shape index (κ3) is 0.946. The Morgan fingerprint density at radius 1 is 1.07 bits per heavy atom. The summed E-state index contributed by atoms with van der Waals surface area (Å²) in [6, 6.07) is 12.7. The van der Waals surface area contributed by atoms with Crippen molar-refractivity contribution in [3.8, 4) is 0 Å². The molecule has 0 saturated carbocycles. The Labute approximate surface area is 82.9 Å². The molecule has 0 fully saturated rings. The van der Waals surface area contributed by atoms with Gasteiger partial charge in [0.15, 0.2) is 0 Å². The average molecular weight is 184 g/mol. The number of rotatable bonds is 0. The molecule has 2 aromatic rings. The molecule has 0 aliphatic carbocycles. The Hall–Kier alpha value is -1.54. The van der Waals surface area contributed by atoms with Crippen molar-refractivity contribution in [2.24, 2.45) is 5.84 Å². The van der Waals surface area contributed by atoms with Gasteiger partial charge in [0.2, 0.25) is 0 Å². The van der Waals surface area contributed by atoms with Crippen molar-refractivity contribution in [2.45, 2.75) is 6.42 Å². The topological polar surface area (TPSA) is 29.3 Å². The van der Waals surface area contributed by atoms with Crippen LogP contribution in [0.2, 0.25) is 0 Å². The summed E-state index contributed by atoms with van der Waals surface area (Å²) in [5, 5.41) is 4.45. The Morgan fingerprint density at radius 2 is 1.86 bits per heavy atom. The van der Waals surface area contributed by atoms with Gasteiger partial charge < -0.3 is 5.01 Å². The number of nitrogens with zero attached hydrogens (tertiary/aromatic N) is 1. The van der Waals surface area contributed by atoms with Gasteiger partial charge in [0, 0.05) is 11.9 Å². The fourth-order valence-corrected chi connectivity index (χ4v) is 2.21. The van der Waals surface area contributed by atoms with Crippen molar-refractivity contribution in [3.63, 3.8) is 0 Å². The molecule has 0 atom stereocenters. The van der Waals surface area contributed by atoms with Crippen LogP contribution >= 0.6 is 0 Å². The lowest BCUT2D eigenvalue weighted by atomic mass is 9.97. The molecule has 0 amide bonds. The molecule has 1 heterocycles. The number of benzene rings is 2. The van der Waals surface area contributed by atoms with Gasteiger partial charge in [-0.25, -0.2) is 5.84 Å². The van der Waals surface area contributed by atoms with Crippen LogP contribution in [0.15, 0.2) is 36.4 Å². The SMILES string of the molecule is NN1CCc2cccc3cccc1c23. The first-order valence-corrected chi connectivity index (χ1v) is 4.89. The van der Waals surface area contributed by atoms with Gasteiger partial charge in [-0.2, -0.15) is 0 Å². The van der Waals surface area contributed by atoms with E-state index in [4.69, 9.17) is 5.84 Å². The van der Waals surface area contributed by atoms with Crippen molar-refractivity contribution in [1.82, 2.24) is 0 Å². The molecule has 1 aliphatic rings. The molecular formula is C12H12N2. The molecule has 70 valence electrons. The van der Waals surface area contributed by atoms with Gasteiger partial charge in [-0.1, -0.05) is 30.3 Å². The second kappa shape index (κ2) is 2.72. The number of anilines is 1. The van der Waals surface area contributed by atoms with Crippen molar-refractivity contribution in [2.75, 3.05) is 11.6 Å². The first kappa shape index (κ1) is 7.83. The van der Waals surface area contributed by atoms with Gasteiger partial charge in [-0.05, 0) is 23.4 Å². The minimum absolute atomic E-state index is 0.913. The summed E-state index contributed by atoms with van der Waals surface area (Å²) in [7, 11) is 0. The van der Waals surface area contributed by atoms with Crippen LogP contribution in [0.3, 0.4) is 0 Å². The highest BCUT2D eigenvalue weighted by atomic mass is 15.4. The van der Waals surface area contributed by atoms with Crippen LogP contribution < -0.4 is 10.9 Å². The van der Waals surface area contributed by atoms with E-state index in [1.807, 2.05) is 5.01 Å². The van der Waals surface area contributed by atoms with Gasteiger partial charge in [0.1, 0.15) is 0 Å². The molecule has 14 heavy (non-hydrogen) atoms. The third-order valence-corrected chi connectivity index (χ3v) is 2.90. The van der Waals surface area contributed by atoms with Gasteiger partial charge in [0.25, 0.3) is 0 Å². The van der Waals surface area contributed by atoms with Crippen LogP contribution in [0.1, 0.15) is 5.56 Å². The quantitative estimate of drug-likeness (QED) is 0.635. The van der Waals surface area contributed by atoms with Crippen LogP contribution in [-0.2, 0) is 6.42 Å². The smallest absolute Gasteiger partial charge is 0.0598 e. The molecule has 2 nitrogen and oxygen atoms in total. The number of hydrogen-bond acceptors (Lipinski definition) is 2. The molecule has 2 heteroatoms. The summed E-state index contributed by atoms with van der Waals surface area (Å²) in [4.78, 5) is 0. The summed E-state index contributed by atoms with van der Waals surface area (Å²) in [5.74, 6) is 5.94. The lowest BCUT2D eigenvalue weighted by Crippen LogP contribution is -2.35. The Kier molecular flexibility index (Phi) is 1.52. The fourth-order valence-electron chi connectivity index (χ4n) is 2.21. The minimum atomic E-state index is 0.913. The molecule has 0 radical (unpaired) electrons. The molecule has 3 rings (SSSR count). The van der Waals surface area contributed by atoms with Crippen molar-refractivity contribution >= 4 is 16.5 Å². The summed E-state index contributed by atoms with van der Waals surface area (Å²) < 4.78 is 0. The number of hydrazine groups is 1. The first-order valence-electron chi connectivity index (χ1n) is 4.89. The maximum absolute atomic E-state index is 5.94. The van der Waals surface area contributed by atoms with Crippen LogP contribution in [0, 0.1) is 0 Å². The van der Waals surface area contributed by atoms with E-state index < -0.39 is 0 Å². The van der Waals surface area contributed by atoms with E-state index in [0.29, 0.717) is 0 Å². The fraction of sp³-hybridized carbons (Fsp3) is 0.167. The van der Waals surface area contributed by atoms with E-state index in [9.17, 15) is 0 Å². The summed E-state index contributed by atoms with van der Waals surface area (Å²) >= 11 is 0. The standard InChI is InChI=1S/C12H12N2/c13-14-8-7-10-4-1-3-9-5-2-6-11(14)12(9)10/h1-6H,7-8,13H2. The molecule has 1 aliphatic heterocycles. The van der Waals surface area contributed by atoms with E-state index in [1.54, 1.807) is 0 Å². The highest BCUT2D eigenvalue weighted by molar-refractivity contribution is 5.97. The van der Waals surface area contributed by atoms with E-state index in [0.717, 1.165) is 18.7 Å². The number of hydrogen-bond donors (Lipinski definition) is 1. The maximum atomic E-state index is 5.94. The Morgan fingerprint density at radius 3 is 2.71 bits per heavy atom.